The third kappa shape index (κ3) is 3.54. The molecule has 0 N–H and O–H groups in total. The van der Waals surface area contributed by atoms with Crippen LogP contribution in [0.25, 0.3) is 16.7 Å². The highest BCUT2D eigenvalue weighted by Gasteiger charge is 2.37. The van der Waals surface area contributed by atoms with E-state index in [2.05, 4.69) is 40.4 Å². The Bertz CT molecular complexity index is 1390. The molecule has 5 rings (SSSR count). The van der Waals surface area contributed by atoms with Crippen LogP contribution in [-0.2, 0) is 11.2 Å². The van der Waals surface area contributed by atoms with Gasteiger partial charge >= 0.3 is 0 Å². The number of hydrogen-bond donors (Lipinski definition) is 0. The predicted octanol–water partition coefficient (Wildman–Crippen LogP) is 5.02. The van der Waals surface area contributed by atoms with E-state index in [9.17, 15) is 9.81 Å². The van der Waals surface area contributed by atoms with Gasteiger partial charge in [0.25, 0.3) is 0 Å². The van der Waals surface area contributed by atoms with Gasteiger partial charge in [0.05, 0.1) is 22.8 Å². The van der Waals surface area contributed by atoms with Crippen LogP contribution in [0, 0.1) is 18.3 Å². The first kappa shape index (κ1) is 22.7. The van der Waals surface area contributed by atoms with Crippen molar-refractivity contribution in [1.82, 2.24) is 14.3 Å². The van der Waals surface area contributed by atoms with Gasteiger partial charge in [0, 0.05) is 12.1 Å². The maximum Gasteiger partial charge on any atom is 0.157 e. The number of pyridine rings is 1. The first-order valence-electron chi connectivity index (χ1n) is 11.7. The molecule has 0 saturated carbocycles. The molecule has 174 valence electrons. The van der Waals surface area contributed by atoms with Gasteiger partial charge < -0.3 is 9.45 Å². The van der Waals surface area contributed by atoms with Crippen molar-refractivity contribution < 1.29 is 4.55 Å². The van der Waals surface area contributed by atoms with Crippen LogP contribution in [0.3, 0.4) is 0 Å². The van der Waals surface area contributed by atoms with Crippen molar-refractivity contribution in [2.24, 2.45) is 0 Å². The number of benzene rings is 2. The zero-order valence-electron chi connectivity index (χ0n) is 20.0. The summed E-state index contributed by atoms with van der Waals surface area (Å²) in [6.45, 7) is 4.89. The van der Waals surface area contributed by atoms with Crippen molar-refractivity contribution in [3.8, 4) is 6.07 Å². The van der Waals surface area contributed by atoms with Crippen LogP contribution >= 0.6 is 0 Å². The second-order valence-electron chi connectivity index (χ2n) is 9.14. The third-order valence-electron chi connectivity index (χ3n) is 6.92. The molecule has 0 aliphatic carbocycles. The highest BCUT2D eigenvalue weighted by atomic mass is 32.2. The third-order valence-corrected chi connectivity index (χ3v) is 8.54. The smallest absolute Gasteiger partial charge is 0.157 e. The normalized spacial score (nSPS) is 18.0. The Hall–Kier alpha value is -3.05. The zero-order valence-corrected chi connectivity index (χ0v) is 20.8. The number of anilines is 1. The van der Waals surface area contributed by atoms with E-state index < -0.39 is 11.2 Å². The van der Waals surface area contributed by atoms with Gasteiger partial charge in [0.15, 0.2) is 10.5 Å². The molecule has 4 aromatic rings. The van der Waals surface area contributed by atoms with Gasteiger partial charge in [-0.25, -0.2) is 4.98 Å². The second-order valence-corrected chi connectivity index (χ2v) is 10.9. The lowest BCUT2D eigenvalue weighted by molar-refractivity contribution is 0.299. The summed E-state index contributed by atoms with van der Waals surface area (Å²) in [6.07, 6.45) is 2.34. The van der Waals surface area contributed by atoms with Crippen LogP contribution in [-0.4, -0.2) is 45.6 Å². The molecule has 2 aromatic carbocycles. The van der Waals surface area contributed by atoms with E-state index in [4.69, 9.17) is 4.98 Å². The van der Waals surface area contributed by atoms with Crippen LogP contribution in [0.5, 0.6) is 0 Å². The number of nitrogens with zero attached hydrogens (tertiary/aromatic N) is 5. The Balaban J connectivity index is 1.86. The monoisotopic (exact) mass is 471 g/mol. The standard InChI is InChI=1S/C27H29N5OS/c1-18-21(17-28)26-29-22-13-8-9-14-23(22)32(26)27(31-16-10-15-24(31)30(3)4)25(18)19(2)34(33)20-11-6-5-7-12-20/h5-9,11-14,19,24H,10,15-16H2,1-4H3. The SMILES string of the molecule is Cc1c(C(C)[S+]([O-])c2ccccc2)c(N2CCCC2N(C)C)n2c(nc3ccccc32)c1C#N. The Morgan fingerprint density at radius 1 is 1.15 bits per heavy atom. The van der Waals surface area contributed by atoms with Crippen LogP contribution < -0.4 is 4.90 Å². The maximum absolute atomic E-state index is 13.8. The van der Waals surface area contributed by atoms with E-state index in [1.54, 1.807) is 0 Å². The number of rotatable bonds is 5. The number of aromatic nitrogens is 2. The van der Waals surface area contributed by atoms with Gasteiger partial charge in [-0.2, -0.15) is 5.26 Å². The van der Waals surface area contributed by atoms with Gasteiger partial charge in [0.1, 0.15) is 17.1 Å². The van der Waals surface area contributed by atoms with E-state index in [1.807, 2.05) is 62.4 Å². The summed E-state index contributed by atoms with van der Waals surface area (Å²) in [6, 6.07) is 20.0. The van der Waals surface area contributed by atoms with Crippen molar-refractivity contribution in [3.63, 3.8) is 0 Å². The highest BCUT2D eigenvalue weighted by Crippen LogP contribution is 2.43. The van der Waals surface area contributed by atoms with Crippen LogP contribution in [0.4, 0.5) is 5.82 Å². The van der Waals surface area contributed by atoms with Gasteiger partial charge in [-0.3, -0.25) is 9.30 Å². The fraction of sp³-hybridized carbons (Fsp3) is 0.333. The molecule has 6 nitrogen and oxygen atoms in total. The number of fused-ring (bicyclic) bond motifs is 3. The summed E-state index contributed by atoms with van der Waals surface area (Å²) >= 11 is -1.28. The lowest BCUT2D eigenvalue weighted by Gasteiger charge is -2.35. The van der Waals surface area contributed by atoms with Crippen molar-refractivity contribution >= 4 is 33.7 Å². The van der Waals surface area contributed by atoms with Crippen molar-refractivity contribution in [2.45, 2.75) is 43.0 Å². The lowest BCUT2D eigenvalue weighted by Crippen LogP contribution is -2.42. The molecule has 2 aromatic heterocycles. The molecular weight excluding hydrogens is 442 g/mol. The van der Waals surface area contributed by atoms with Gasteiger partial charge in [-0.05, 0) is 81.8 Å². The summed E-state index contributed by atoms with van der Waals surface area (Å²) in [4.78, 5) is 10.3. The molecule has 3 unspecified atom stereocenters. The minimum atomic E-state index is -1.28. The van der Waals surface area contributed by atoms with E-state index in [0.29, 0.717) is 11.2 Å². The molecule has 1 aliphatic rings. The first-order valence-corrected chi connectivity index (χ1v) is 12.9. The van der Waals surface area contributed by atoms with E-state index in [-0.39, 0.29) is 11.4 Å². The highest BCUT2D eigenvalue weighted by molar-refractivity contribution is 7.91. The molecule has 1 fully saturated rings. The molecular formula is C27H29N5OS. The number of hydrogen-bond acceptors (Lipinski definition) is 5. The number of nitriles is 1. The minimum absolute atomic E-state index is 0.216. The van der Waals surface area contributed by atoms with Crippen molar-refractivity contribution in [2.75, 3.05) is 25.5 Å². The van der Waals surface area contributed by atoms with Crippen LogP contribution in [0.2, 0.25) is 0 Å². The molecule has 3 heterocycles. The molecule has 3 atom stereocenters. The first-order chi connectivity index (χ1) is 16.4. The molecule has 1 aliphatic heterocycles. The maximum atomic E-state index is 13.8. The predicted molar refractivity (Wildman–Crippen MR) is 137 cm³/mol. The van der Waals surface area contributed by atoms with Gasteiger partial charge in [-0.15, -0.1) is 0 Å². The van der Waals surface area contributed by atoms with Crippen molar-refractivity contribution in [1.29, 1.82) is 5.26 Å². The molecule has 0 amide bonds. The minimum Gasteiger partial charge on any atom is -0.611 e. The Morgan fingerprint density at radius 2 is 1.85 bits per heavy atom. The zero-order chi connectivity index (χ0) is 24.0. The Labute approximate surface area is 203 Å². The van der Waals surface area contributed by atoms with E-state index in [1.165, 1.54) is 0 Å². The molecule has 0 radical (unpaired) electrons. The largest absolute Gasteiger partial charge is 0.611 e. The molecule has 1 saturated heterocycles. The Kier molecular flexibility index (Phi) is 5.98. The summed E-state index contributed by atoms with van der Waals surface area (Å²) < 4.78 is 15.9. The summed E-state index contributed by atoms with van der Waals surface area (Å²) in [5.74, 6) is 1.01. The number of para-hydroxylation sites is 2. The topological polar surface area (TPSA) is 70.6 Å². The second kappa shape index (κ2) is 8.95. The fourth-order valence-corrected chi connectivity index (χ4v) is 6.63. The van der Waals surface area contributed by atoms with Crippen molar-refractivity contribution in [3.05, 3.63) is 71.3 Å². The van der Waals surface area contributed by atoms with E-state index >= 15 is 0 Å². The lowest BCUT2D eigenvalue weighted by atomic mass is 10.0. The summed E-state index contributed by atoms with van der Waals surface area (Å²) in [5.41, 5.74) is 4.86. The fourth-order valence-electron chi connectivity index (χ4n) is 5.30. The number of imidazole rings is 1. The van der Waals surface area contributed by atoms with Crippen LogP contribution in [0.15, 0.2) is 59.5 Å². The molecule has 34 heavy (non-hydrogen) atoms. The van der Waals surface area contributed by atoms with Crippen LogP contribution in [0.1, 0.15) is 41.7 Å². The quantitative estimate of drug-likeness (QED) is 0.382. The van der Waals surface area contributed by atoms with E-state index in [0.717, 1.165) is 52.3 Å². The summed E-state index contributed by atoms with van der Waals surface area (Å²) in [5, 5.41) is 9.89. The van der Waals surface area contributed by atoms with Gasteiger partial charge in [0.2, 0.25) is 0 Å². The molecule has 0 bridgehead atoms. The Morgan fingerprint density at radius 3 is 2.56 bits per heavy atom. The molecule has 7 heteroatoms. The molecule has 0 spiro atoms. The van der Waals surface area contributed by atoms with Gasteiger partial charge in [-0.1, -0.05) is 30.3 Å². The summed E-state index contributed by atoms with van der Waals surface area (Å²) in [7, 11) is 4.21. The average Bonchev–Trinajstić information content (AvgIpc) is 3.48. The average molecular weight is 472 g/mol.